The molecule has 0 aliphatic carbocycles. The third kappa shape index (κ3) is 16.6. The van der Waals surface area contributed by atoms with Crippen LogP contribution in [0.25, 0.3) is 12.2 Å². The summed E-state index contributed by atoms with van der Waals surface area (Å²) >= 11 is 0. The normalized spacial score (nSPS) is 10.8. The molecule has 0 bridgehead atoms. The van der Waals surface area contributed by atoms with E-state index in [4.69, 9.17) is 18.9 Å². The molecular weight excluding hydrogens is 604 g/mol. The average molecular weight is 649 g/mol. The second-order valence-electron chi connectivity index (χ2n) is 10.5. The van der Waals surface area contributed by atoms with Crippen LogP contribution in [-0.4, -0.2) is 82.1 Å². The number of nitrogens with zero attached hydrogens (tertiary/aromatic N) is 2. The van der Waals surface area contributed by atoms with Gasteiger partial charge >= 0.3 is 17.9 Å². The van der Waals surface area contributed by atoms with Gasteiger partial charge in [-0.3, -0.25) is 24.0 Å². The number of ether oxygens (including phenoxy) is 4. The minimum atomic E-state index is -0.378. The number of hydrogen-bond acceptors (Lipinski definition) is 11. The Hall–Kier alpha value is -5.19. The second-order valence-corrected chi connectivity index (χ2v) is 10.5. The molecule has 2 aromatic rings. The summed E-state index contributed by atoms with van der Waals surface area (Å²) in [5, 5.41) is 0. The monoisotopic (exact) mass is 648 g/mol. The summed E-state index contributed by atoms with van der Waals surface area (Å²) in [6, 6.07) is 14.8. The number of carbonyl (C=O) groups is 5. The summed E-state index contributed by atoms with van der Waals surface area (Å²) < 4.78 is 20.7. The number of esters is 3. The largest absolute Gasteiger partial charge is 0.497 e. The smallest absolute Gasteiger partial charge is 0.302 e. The van der Waals surface area contributed by atoms with E-state index in [-0.39, 0.29) is 55.7 Å². The van der Waals surface area contributed by atoms with E-state index < -0.39 is 0 Å². The predicted molar refractivity (Wildman–Crippen MR) is 181 cm³/mol. The standard InChI is InChI=1S/C36H44N2O9/c1-27(2)44-22-18-37(19-23-45-28(3)39)33-12-6-31(7-13-33)10-16-35(42)26-36(43)17-11-32-8-14-34(15-9-32)38(20-24-46-29(4)40)21-25-47-30(5)41/h6-17H,1,18-26H2,2-5H3/b16-10+,17-11+. The first kappa shape index (κ1) is 38.0. The van der Waals surface area contributed by atoms with Gasteiger partial charge in [0, 0.05) is 32.1 Å². The molecule has 0 amide bonds. The third-order valence-electron chi connectivity index (χ3n) is 6.50. The fourth-order valence-corrected chi connectivity index (χ4v) is 4.23. The summed E-state index contributed by atoms with van der Waals surface area (Å²) in [6.07, 6.45) is 5.78. The van der Waals surface area contributed by atoms with Crippen molar-refractivity contribution in [1.29, 1.82) is 0 Å². The van der Waals surface area contributed by atoms with Crippen LogP contribution in [0, 0.1) is 0 Å². The van der Waals surface area contributed by atoms with Gasteiger partial charge in [0.05, 0.1) is 38.4 Å². The van der Waals surface area contributed by atoms with E-state index in [2.05, 4.69) is 6.58 Å². The van der Waals surface area contributed by atoms with Crippen molar-refractivity contribution >= 4 is 53.0 Å². The first-order chi connectivity index (χ1) is 22.4. The van der Waals surface area contributed by atoms with E-state index >= 15 is 0 Å². The molecule has 0 heterocycles. The van der Waals surface area contributed by atoms with Crippen LogP contribution in [-0.2, 0) is 42.9 Å². The van der Waals surface area contributed by atoms with Crippen molar-refractivity contribution < 1.29 is 42.9 Å². The van der Waals surface area contributed by atoms with Crippen LogP contribution >= 0.6 is 0 Å². The minimum absolute atomic E-state index is 0.184. The zero-order valence-electron chi connectivity index (χ0n) is 27.6. The second kappa shape index (κ2) is 20.8. The highest BCUT2D eigenvalue weighted by molar-refractivity contribution is 6.10. The average Bonchev–Trinajstić information content (AvgIpc) is 3.01. The van der Waals surface area contributed by atoms with Crippen LogP contribution in [0.1, 0.15) is 45.2 Å². The van der Waals surface area contributed by atoms with Crippen molar-refractivity contribution in [3.05, 3.63) is 84.1 Å². The molecule has 0 aliphatic rings. The lowest BCUT2D eigenvalue weighted by Gasteiger charge is -2.25. The Morgan fingerprint density at radius 2 is 0.872 bits per heavy atom. The first-order valence-corrected chi connectivity index (χ1v) is 15.2. The SMILES string of the molecule is C=C(C)OCCN(CCOC(C)=O)c1ccc(/C=C/C(=O)CC(=O)/C=C/c2ccc(N(CCOC(C)=O)CCOC(C)=O)cc2)cc1. The molecule has 47 heavy (non-hydrogen) atoms. The third-order valence-corrected chi connectivity index (χ3v) is 6.50. The van der Waals surface area contributed by atoms with E-state index in [1.807, 2.05) is 58.3 Å². The summed E-state index contributed by atoms with van der Waals surface area (Å²) in [6.45, 7) is 12.5. The molecule has 2 aromatic carbocycles. The maximum atomic E-state index is 12.5. The fraction of sp³-hybridized carbons (Fsp3) is 0.361. The number of anilines is 2. The first-order valence-electron chi connectivity index (χ1n) is 15.2. The summed E-state index contributed by atoms with van der Waals surface area (Å²) in [5.74, 6) is -1.14. The van der Waals surface area contributed by atoms with Crippen molar-refractivity contribution in [1.82, 2.24) is 0 Å². The molecule has 0 radical (unpaired) electrons. The van der Waals surface area contributed by atoms with Crippen molar-refractivity contribution in [2.24, 2.45) is 0 Å². The molecule has 0 saturated heterocycles. The molecule has 11 heteroatoms. The molecule has 2 rings (SSSR count). The van der Waals surface area contributed by atoms with Crippen LogP contribution in [0.5, 0.6) is 0 Å². The van der Waals surface area contributed by atoms with E-state index in [0.29, 0.717) is 38.5 Å². The maximum absolute atomic E-state index is 12.5. The Balaban J connectivity index is 1.93. The van der Waals surface area contributed by atoms with Crippen molar-refractivity contribution in [3.8, 4) is 0 Å². The maximum Gasteiger partial charge on any atom is 0.302 e. The predicted octanol–water partition coefficient (Wildman–Crippen LogP) is 4.79. The van der Waals surface area contributed by atoms with Gasteiger partial charge in [0.1, 0.15) is 26.4 Å². The van der Waals surface area contributed by atoms with Crippen LogP contribution in [0.4, 0.5) is 11.4 Å². The van der Waals surface area contributed by atoms with Gasteiger partial charge in [-0.15, -0.1) is 0 Å². The van der Waals surface area contributed by atoms with Crippen LogP contribution < -0.4 is 9.80 Å². The summed E-state index contributed by atoms with van der Waals surface area (Å²) in [4.78, 5) is 62.3. The quantitative estimate of drug-likeness (QED) is 0.0609. The van der Waals surface area contributed by atoms with E-state index in [9.17, 15) is 24.0 Å². The van der Waals surface area contributed by atoms with Gasteiger partial charge in [-0.25, -0.2) is 0 Å². The highest BCUT2D eigenvalue weighted by atomic mass is 16.5. The molecule has 0 aliphatic heterocycles. The Labute approximate surface area is 276 Å². The lowest BCUT2D eigenvalue weighted by molar-refractivity contribution is -0.141. The molecular formula is C36H44N2O9. The molecule has 0 atom stereocenters. The molecule has 0 aromatic heterocycles. The summed E-state index contributed by atoms with van der Waals surface area (Å²) in [5.41, 5.74) is 3.28. The Kier molecular flexibility index (Phi) is 16.8. The molecule has 0 fully saturated rings. The lowest BCUT2D eigenvalue weighted by Crippen LogP contribution is -2.31. The topological polar surface area (TPSA) is 129 Å². The minimum Gasteiger partial charge on any atom is -0.497 e. The lowest BCUT2D eigenvalue weighted by atomic mass is 10.1. The van der Waals surface area contributed by atoms with E-state index in [0.717, 1.165) is 22.5 Å². The Morgan fingerprint density at radius 1 is 0.553 bits per heavy atom. The number of allylic oxidation sites excluding steroid dienone is 3. The molecule has 0 saturated carbocycles. The molecule has 0 N–H and O–H groups in total. The molecule has 0 spiro atoms. The molecule has 252 valence electrons. The number of hydrogen-bond donors (Lipinski definition) is 0. The fourth-order valence-electron chi connectivity index (χ4n) is 4.23. The van der Waals surface area contributed by atoms with Gasteiger partial charge in [0.15, 0.2) is 11.6 Å². The number of ketones is 2. The van der Waals surface area contributed by atoms with Crippen molar-refractivity contribution in [3.63, 3.8) is 0 Å². The van der Waals surface area contributed by atoms with Gasteiger partial charge in [-0.2, -0.15) is 0 Å². The summed E-state index contributed by atoms with van der Waals surface area (Å²) in [7, 11) is 0. The number of benzene rings is 2. The highest BCUT2D eigenvalue weighted by Crippen LogP contribution is 2.18. The zero-order valence-corrected chi connectivity index (χ0v) is 27.6. The van der Waals surface area contributed by atoms with Crippen LogP contribution in [0.15, 0.2) is 73.0 Å². The van der Waals surface area contributed by atoms with Gasteiger partial charge in [-0.1, -0.05) is 43.0 Å². The number of carbonyl (C=O) groups excluding carboxylic acids is 5. The van der Waals surface area contributed by atoms with Gasteiger partial charge in [0.25, 0.3) is 0 Å². The van der Waals surface area contributed by atoms with E-state index in [1.165, 1.54) is 32.9 Å². The Morgan fingerprint density at radius 3 is 1.17 bits per heavy atom. The Bertz CT molecular complexity index is 1270. The van der Waals surface area contributed by atoms with Crippen molar-refractivity contribution in [2.75, 3.05) is 62.4 Å². The van der Waals surface area contributed by atoms with Crippen LogP contribution in [0.3, 0.4) is 0 Å². The molecule has 11 nitrogen and oxygen atoms in total. The van der Waals surface area contributed by atoms with E-state index in [1.54, 1.807) is 19.1 Å². The zero-order chi connectivity index (χ0) is 34.6. The molecule has 0 unspecified atom stereocenters. The van der Waals surface area contributed by atoms with Crippen molar-refractivity contribution in [2.45, 2.75) is 34.1 Å². The van der Waals surface area contributed by atoms with Gasteiger partial charge < -0.3 is 28.7 Å². The van der Waals surface area contributed by atoms with Gasteiger partial charge in [-0.05, 0) is 54.5 Å². The van der Waals surface area contributed by atoms with Crippen LogP contribution in [0.2, 0.25) is 0 Å². The highest BCUT2D eigenvalue weighted by Gasteiger charge is 2.10. The number of rotatable bonds is 21. The van der Waals surface area contributed by atoms with Gasteiger partial charge in [0.2, 0.25) is 0 Å².